The highest BCUT2D eigenvalue weighted by Gasteiger charge is 2.22. The number of aromatic nitrogens is 4. The summed E-state index contributed by atoms with van der Waals surface area (Å²) in [6.07, 6.45) is 6.81. The summed E-state index contributed by atoms with van der Waals surface area (Å²) < 4.78 is 19.9. The van der Waals surface area contributed by atoms with Crippen LogP contribution in [-0.2, 0) is 11.3 Å². The van der Waals surface area contributed by atoms with E-state index in [9.17, 15) is 14.0 Å². The van der Waals surface area contributed by atoms with E-state index in [2.05, 4.69) is 20.4 Å². The molecule has 3 aromatic heterocycles. The number of hydrogen-bond donors (Lipinski definition) is 1. The molecule has 0 radical (unpaired) electrons. The van der Waals surface area contributed by atoms with Crippen molar-refractivity contribution in [3.63, 3.8) is 0 Å². The number of hydrogen-bond acceptors (Lipinski definition) is 7. The number of nitrogens with one attached hydrogen (secondary N) is 1. The molecule has 0 bridgehead atoms. The van der Waals surface area contributed by atoms with Gasteiger partial charge < -0.3 is 9.84 Å². The summed E-state index contributed by atoms with van der Waals surface area (Å²) in [6, 6.07) is 5.97. The number of rotatable bonds is 5. The van der Waals surface area contributed by atoms with Crippen molar-refractivity contribution in [1.29, 1.82) is 0 Å². The van der Waals surface area contributed by atoms with Crippen LogP contribution in [0.5, 0.6) is 0 Å². The van der Waals surface area contributed by atoms with Crippen LogP contribution in [-0.4, -0.2) is 31.6 Å². The minimum absolute atomic E-state index is 0.0713. The molecule has 5 rings (SSSR count). The van der Waals surface area contributed by atoms with E-state index < -0.39 is 0 Å². The fourth-order valence-corrected chi connectivity index (χ4v) is 5.24. The van der Waals surface area contributed by atoms with Gasteiger partial charge in [-0.15, -0.1) is 11.3 Å². The van der Waals surface area contributed by atoms with Gasteiger partial charge >= 0.3 is 0 Å². The van der Waals surface area contributed by atoms with Crippen LogP contribution in [0, 0.1) is 12.7 Å². The number of carbonyl (C=O) groups is 1. The quantitative estimate of drug-likeness (QED) is 0.475. The topological polar surface area (TPSA) is 103 Å². The molecule has 0 atom stereocenters. The first kappa shape index (κ1) is 21.4. The lowest BCUT2D eigenvalue weighted by molar-refractivity contribution is -0.122. The lowest BCUT2D eigenvalue weighted by Crippen LogP contribution is -2.39. The van der Waals surface area contributed by atoms with E-state index in [1.165, 1.54) is 40.8 Å². The maximum absolute atomic E-state index is 13.2. The van der Waals surface area contributed by atoms with Gasteiger partial charge in [-0.05, 0) is 49.6 Å². The summed E-state index contributed by atoms with van der Waals surface area (Å²) in [4.78, 5) is 35.6. The summed E-state index contributed by atoms with van der Waals surface area (Å²) >= 11 is 1.28. The average Bonchev–Trinajstić information content (AvgIpc) is 3.42. The largest absolute Gasteiger partial charge is 0.352 e. The first-order chi connectivity index (χ1) is 16.0. The third-order valence-corrected chi connectivity index (χ3v) is 7.11. The molecule has 33 heavy (non-hydrogen) atoms. The molecule has 170 valence electrons. The van der Waals surface area contributed by atoms with Gasteiger partial charge in [0.2, 0.25) is 11.7 Å². The molecule has 1 aliphatic rings. The highest BCUT2D eigenvalue weighted by atomic mass is 32.1. The lowest BCUT2D eigenvalue weighted by Gasteiger charge is -2.22. The lowest BCUT2D eigenvalue weighted by atomic mass is 9.95. The summed E-state index contributed by atoms with van der Waals surface area (Å²) in [5.74, 6) is 0.0547. The average molecular weight is 468 g/mol. The van der Waals surface area contributed by atoms with Crippen molar-refractivity contribution in [2.45, 2.75) is 51.6 Å². The molecule has 1 fully saturated rings. The molecule has 1 saturated carbocycles. The van der Waals surface area contributed by atoms with Gasteiger partial charge in [0.05, 0.1) is 16.6 Å². The van der Waals surface area contributed by atoms with E-state index in [1.807, 2.05) is 0 Å². The van der Waals surface area contributed by atoms with Crippen molar-refractivity contribution in [2.24, 2.45) is 0 Å². The first-order valence-corrected chi connectivity index (χ1v) is 11.7. The number of benzene rings is 1. The number of thiophene rings is 1. The Morgan fingerprint density at radius 2 is 2.00 bits per heavy atom. The van der Waals surface area contributed by atoms with E-state index in [-0.39, 0.29) is 35.8 Å². The zero-order valence-corrected chi connectivity index (χ0v) is 18.8. The molecule has 10 heteroatoms. The van der Waals surface area contributed by atoms with Crippen molar-refractivity contribution >= 4 is 27.5 Å². The Labute approximate surface area is 192 Å². The van der Waals surface area contributed by atoms with Crippen LogP contribution < -0.4 is 10.9 Å². The number of amides is 1. The van der Waals surface area contributed by atoms with E-state index in [0.29, 0.717) is 32.0 Å². The third kappa shape index (κ3) is 4.30. The predicted octanol–water partition coefficient (Wildman–Crippen LogP) is 4.07. The first-order valence-electron chi connectivity index (χ1n) is 10.9. The second-order valence-corrected chi connectivity index (χ2v) is 9.25. The van der Waals surface area contributed by atoms with Gasteiger partial charge in [0.1, 0.15) is 17.2 Å². The van der Waals surface area contributed by atoms with E-state index in [4.69, 9.17) is 4.52 Å². The van der Waals surface area contributed by atoms with Crippen LogP contribution in [0.25, 0.3) is 32.4 Å². The summed E-state index contributed by atoms with van der Waals surface area (Å²) in [5.41, 5.74) is 1.01. The Balaban J connectivity index is 1.41. The number of fused-ring (bicyclic) bond motifs is 1. The Morgan fingerprint density at radius 3 is 2.76 bits per heavy atom. The van der Waals surface area contributed by atoms with Gasteiger partial charge in [0.15, 0.2) is 0 Å². The minimum atomic E-state index is -0.349. The molecule has 1 aromatic carbocycles. The van der Waals surface area contributed by atoms with Gasteiger partial charge in [-0.1, -0.05) is 24.4 Å². The standard InChI is InChI=1S/C23H22FN5O3S/c1-13-18-22(25-12-29(23(18)31)11-17(30)26-16-5-3-2-4-6-16)33-19(13)21-27-20(28-32-21)14-7-9-15(24)10-8-14/h7-10,12,16H,2-6,11H2,1H3,(H,26,30). The molecule has 0 unspecified atom stereocenters. The predicted molar refractivity (Wildman–Crippen MR) is 122 cm³/mol. The van der Waals surface area contributed by atoms with Crippen LogP contribution in [0.3, 0.4) is 0 Å². The molecule has 1 aliphatic carbocycles. The van der Waals surface area contributed by atoms with E-state index in [0.717, 1.165) is 25.7 Å². The highest BCUT2D eigenvalue weighted by molar-refractivity contribution is 7.22. The fraction of sp³-hybridized carbons (Fsp3) is 0.348. The molecule has 1 amide bonds. The molecular weight excluding hydrogens is 445 g/mol. The molecule has 0 saturated heterocycles. The van der Waals surface area contributed by atoms with E-state index in [1.54, 1.807) is 19.1 Å². The van der Waals surface area contributed by atoms with Gasteiger partial charge in [-0.25, -0.2) is 9.37 Å². The Morgan fingerprint density at radius 1 is 1.24 bits per heavy atom. The Hall–Kier alpha value is -3.40. The molecule has 1 N–H and O–H groups in total. The van der Waals surface area contributed by atoms with Crippen molar-refractivity contribution < 1.29 is 13.7 Å². The van der Waals surface area contributed by atoms with Crippen LogP contribution in [0.15, 0.2) is 39.9 Å². The normalized spacial score (nSPS) is 14.6. The van der Waals surface area contributed by atoms with Crippen LogP contribution >= 0.6 is 11.3 Å². The molecule has 3 heterocycles. The number of nitrogens with zero attached hydrogens (tertiary/aromatic N) is 4. The van der Waals surface area contributed by atoms with Crippen molar-refractivity contribution in [1.82, 2.24) is 25.0 Å². The molecule has 0 spiro atoms. The minimum Gasteiger partial charge on any atom is -0.352 e. The SMILES string of the molecule is Cc1c(-c2nc(-c3ccc(F)cc3)no2)sc2ncn(CC(=O)NC3CCCCC3)c(=O)c12. The zero-order valence-electron chi connectivity index (χ0n) is 18.0. The second kappa shape index (κ2) is 8.86. The van der Waals surface area contributed by atoms with Gasteiger partial charge in [0, 0.05) is 11.6 Å². The smallest absolute Gasteiger partial charge is 0.268 e. The number of halogens is 1. The maximum Gasteiger partial charge on any atom is 0.268 e. The fourth-order valence-electron chi connectivity index (χ4n) is 4.18. The van der Waals surface area contributed by atoms with Crippen LogP contribution in [0.1, 0.15) is 37.7 Å². The Bertz CT molecular complexity index is 1370. The van der Waals surface area contributed by atoms with Gasteiger partial charge in [-0.3, -0.25) is 14.2 Å². The summed E-state index contributed by atoms with van der Waals surface area (Å²) in [6.45, 7) is 1.73. The number of carbonyl (C=O) groups excluding carboxylic acids is 1. The third-order valence-electron chi connectivity index (χ3n) is 5.92. The second-order valence-electron chi connectivity index (χ2n) is 8.25. The van der Waals surface area contributed by atoms with Crippen molar-refractivity contribution in [3.8, 4) is 22.2 Å². The molecule has 4 aromatic rings. The summed E-state index contributed by atoms with van der Waals surface area (Å²) in [7, 11) is 0. The van der Waals surface area contributed by atoms with Crippen LogP contribution in [0.2, 0.25) is 0 Å². The zero-order chi connectivity index (χ0) is 22.9. The van der Waals surface area contributed by atoms with Crippen molar-refractivity contribution in [2.75, 3.05) is 0 Å². The molecule has 8 nitrogen and oxygen atoms in total. The van der Waals surface area contributed by atoms with Crippen molar-refractivity contribution in [3.05, 3.63) is 52.3 Å². The monoisotopic (exact) mass is 467 g/mol. The number of aryl methyl sites for hydroxylation is 1. The summed E-state index contributed by atoms with van der Waals surface area (Å²) in [5, 5.41) is 7.44. The molecular formula is C23H22FN5O3S. The van der Waals surface area contributed by atoms with Crippen LogP contribution in [0.4, 0.5) is 4.39 Å². The highest BCUT2D eigenvalue weighted by Crippen LogP contribution is 2.35. The Kier molecular flexibility index (Phi) is 5.76. The maximum atomic E-state index is 13.2. The molecule has 0 aliphatic heterocycles. The van der Waals surface area contributed by atoms with E-state index >= 15 is 0 Å². The van der Waals surface area contributed by atoms with Gasteiger partial charge in [0.25, 0.3) is 11.4 Å². The van der Waals surface area contributed by atoms with Gasteiger partial charge in [-0.2, -0.15) is 4.98 Å².